The van der Waals surface area contributed by atoms with E-state index in [-0.39, 0.29) is 11.3 Å². The van der Waals surface area contributed by atoms with Crippen LogP contribution in [0.4, 0.5) is 13.2 Å². The van der Waals surface area contributed by atoms with Gasteiger partial charge in [-0.25, -0.2) is 4.79 Å². The third-order valence-corrected chi connectivity index (χ3v) is 3.26. The SMILES string of the molecule is COC(=O)c1c(-c2ccccc2)noc1C(=CN(C)C)C(=O)C(F)(F)F. The number of benzene rings is 1. The summed E-state index contributed by atoms with van der Waals surface area (Å²) in [6.45, 7) is 0. The quantitative estimate of drug-likeness (QED) is 0.596. The van der Waals surface area contributed by atoms with Crippen molar-refractivity contribution in [3.63, 3.8) is 0 Å². The predicted molar refractivity (Wildman–Crippen MR) is 86.0 cm³/mol. The summed E-state index contributed by atoms with van der Waals surface area (Å²) in [5.74, 6) is -3.74. The number of aromatic nitrogens is 1. The molecule has 0 N–H and O–H groups in total. The summed E-state index contributed by atoms with van der Waals surface area (Å²) in [6.07, 6.45) is -4.24. The molecule has 0 bridgehead atoms. The molecule has 0 aliphatic carbocycles. The molecule has 1 heterocycles. The molecule has 6 nitrogen and oxygen atoms in total. The van der Waals surface area contributed by atoms with Crippen molar-refractivity contribution in [3.05, 3.63) is 47.9 Å². The van der Waals surface area contributed by atoms with Gasteiger partial charge in [0.05, 0.1) is 12.7 Å². The minimum atomic E-state index is -5.16. The lowest BCUT2D eigenvalue weighted by Gasteiger charge is -2.12. The number of methoxy groups -OCH3 is 1. The molecule has 0 saturated heterocycles. The van der Waals surface area contributed by atoms with Crippen LogP contribution in [0.2, 0.25) is 0 Å². The van der Waals surface area contributed by atoms with E-state index in [9.17, 15) is 22.8 Å². The largest absolute Gasteiger partial charge is 0.465 e. The van der Waals surface area contributed by atoms with E-state index >= 15 is 0 Å². The number of Topliss-reactive ketones (excluding diaryl/α,β-unsaturated/α-hetero) is 1. The molecule has 0 spiro atoms. The summed E-state index contributed by atoms with van der Waals surface area (Å²) in [5, 5.41) is 3.69. The fourth-order valence-corrected chi connectivity index (χ4v) is 2.19. The van der Waals surface area contributed by atoms with Gasteiger partial charge in [-0.3, -0.25) is 4.79 Å². The van der Waals surface area contributed by atoms with Crippen LogP contribution >= 0.6 is 0 Å². The first-order valence-electron chi connectivity index (χ1n) is 7.30. The van der Waals surface area contributed by atoms with E-state index in [1.807, 2.05) is 0 Å². The van der Waals surface area contributed by atoms with Gasteiger partial charge in [-0.15, -0.1) is 0 Å². The number of alkyl halides is 3. The Balaban J connectivity index is 2.72. The third-order valence-electron chi connectivity index (χ3n) is 3.26. The van der Waals surface area contributed by atoms with Gasteiger partial charge in [-0.1, -0.05) is 35.5 Å². The maximum absolute atomic E-state index is 13.0. The number of ether oxygens (including phenoxy) is 1. The maximum Gasteiger partial charge on any atom is 0.455 e. The Kier molecular flexibility index (Phi) is 5.49. The summed E-state index contributed by atoms with van der Waals surface area (Å²) < 4.78 is 48.6. The number of hydrogen-bond acceptors (Lipinski definition) is 6. The van der Waals surface area contributed by atoms with E-state index in [2.05, 4.69) is 9.89 Å². The topological polar surface area (TPSA) is 72.6 Å². The van der Waals surface area contributed by atoms with Crippen molar-refractivity contribution in [2.45, 2.75) is 6.18 Å². The van der Waals surface area contributed by atoms with E-state index in [1.165, 1.54) is 19.0 Å². The smallest absolute Gasteiger partial charge is 0.455 e. The van der Waals surface area contributed by atoms with E-state index in [0.29, 0.717) is 5.56 Å². The van der Waals surface area contributed by atoms with Crippen molar-refractivity contribution in [1.29, 1.82) is 0 Å². The summed E-state index contributed by atoms with van der Waals surface area (Å²) >= 11 is 0. The summed E-state index contributed by atoms with van der Waals surface area (Å²) in [7, 11) is 3.92. The molecule has 26 heavy (non-hydrogen) atoms. The van der Waals surface area contributed by atoms with Gasteiger partial charge < -0.3 is 14.2 Å². The van der Waals surface area contributed by atoms with Gasteiger partial charge in [0.25, 0.3) is 5.78 Å². The minimum absolute atomic E-state index is 0.0212. The molecule has 2 rings (SSSR count). The number of carbonyl (C=O) groups is 2. The number of allylic oxidation sites excluding steroid dienone is 1. The van der Waals surface area contributed by atoms with Crippen LogP contribution in [0.15, 0.2) is 41.1 Å². The minimum Gasteiger partial charge on any atom is -0.465 e. The third kappa shape index (κ3) is 3.93. The van der Waals surface area contributed by atoms with Gasteiger partial charge in [-0.2, -0.15) is 13.2 Å². The van der Waals surface area contributed by atoms with E-state index in [1.54, 1.807) is 30.3 Å². The summed E-state index contributed by atoms with van der Waals surface area (Å²) in [4.78, 5) is 25.3. The predicted octanol–water partition coefficient (Wildman–Crippen LogP) is 3.16. The molecule has 138 valence electrons. The van der Waals surface area contributed by atoms with Crippen molar-refractivity contribution >= 4 is 17.3 Å². The second-order valence-electron chi connectivity index (χ2n) is 5.43. The second kappa shape index (κ2) is 7.42. The maximum atomic E-state index is 13.0. The van der Waals surface area contributed by atoms with E-state index < -0.39 is 29.3 Å². The second-order valence-corrected chi connectivity index (χ2v) is 5.43. The van der Waals surface area contributed by atoms with Crippen LogP contribution in [0.3, 0.4) is 0 Å². The van der Waals surface area contributed by atoms with E-state index in [4.69, 9.17) is 4.52 Å². The van der Waals surface area contributed by atoms with Gasteiger partial charge in [0.2, 0.25) is 0 Å². The Morgan fingerprint density at radius 1 is 1.19 bits per heavy atom. The van der Waals surface area contributed by atoms with Crippen LogP contribution in [0.1, 0.15) is 16.1 Å². The Morgan fingerprint density at radius 2 is 1.81 bits per heavy atom. The molecule has 0 aliphatic heterocycles. The first-order chi connectivity index (χ1) is 12.2. The van der Waals surface area contributed by atoms with Crippen molar-refractivity contribution in [3.8, 4) is 11.3 Å². The van der Waals surface area contributed by atoms with Crippen LogP contribution < -0.4 is 0 Å². The fraction of sp³-hybridized carbons (Fsp3) is 0.235. The molecular weight excluding hydrogens is 353 g/mol. The molecule has 0 radical (unpaired) electrons. The normalized spacial score (nSPS) is 12.0. The highest BCUT2D eigenvalue weighted by Crippen LogP contribution is 2.34. The zero-order valence-electron chi connectivity index (χ0n) is 14.1. The average Bonchev–Trinajstić information content (AvgIpc) is 3.03. The molecule has 0 unspecified atom stereocenters. The molecule has 0 saturated carbocycles. The Labute approximate surface area is 146 Å². The molecule has 0 atom stereocenters. The zero-order chi connectivity index (χ0) is 19.5. The van der Waals surface area contributed by atoms with Crippen molar-refractivity contribution in [2.24, 2.45) is 0 Å². The van der Waals surface area contributed by atoms with Gasteiger partial charge in [0.1, 0.15) is 11.3 Å². The number of halogens is 3. The van der Waals surface area contributed by atoms with Crippen LogP contribution in [-0.4, -0.2) is 49.2 Å². The molecule has 2 aromatic rings. The summed E-state index contributed by atoms with van der Waals surface area (Å²) in [6, 6.07) is 8.21. The number of esters is 1. The lowest BCUT2D eigenvalue weighted by Crippen LogP contribution is -2.25. The number of nitrogens with zero attached hydrogens (tertiary/aromatic N) is 2. The zero-order valence-corrected chi connectivity index (χ0v) is 14.1. The number of rotatable bonds is 5. The highest BCUT2D eigenvalue weighted by Gasteiger charge is 2.44. The molecule has 0 amide bonds. The molecule has 1 aromatic carbocycles. The molecule has 0 aliphatic rings. The van der Waals surface area contributed by atoms with Gasteiger partial charge in [0.15, 0.2) is 5.76 Å². The van der Waals surface area contributed by atoms with Crippen LogP contribution in [-0.2, 0) is 9.53 Å². The average molecular weight is 368 g/mol. The number of hydrogen-bond donors (Lipinski definition) is 0. The molecule has 1 aromatic heterocycles. The van der Waals surface area contributed by atoms with Crippen molar-refractivity contribution < 1.29 is 32.0 Å². The lowest BCUT2D eigenvalue weighted by molar-refractivity contribution is -0.164. The molecular formula is C17H15F3N2O4. The van der Waals surface area contributed by atoms with Gasteiger partial charge in [-0.05, 0) is 0 Å². The van der Waals surface area contributed by atoms with E-state index in [0.717, 1.165) is 13.3 Å². The lowest BCUT2D eigenvalue weighted by atomic mass is 10.0. The first kappa shape index (κ1) is 19.2. The van der Waals surface area contributed by atoms with Crippen LogP contribution in [0.25, 0.3) is 16.8 Å². The Hall–Kier alpha value is -3.10. The van der Waals surface area contributed by atoms with Gasteiger partial charge in [0, 0.05) is 25.9 Å². The Morgan fingerprint density at radius 3 is 2.31 bits per heavy atom. The monoisotopic (exact) mass is 368 g/mol. The fourth-order valence-electron chi connectivity index (χ4n) is 2.19. The molecule has 0 fully saturated rings. The highest BCUT2D eigenvalue weighted by atomic mass is 19.4. The molecule has 9 heteroatoms. The number of ketones is 1. The first-order valence-corrected chi connectivity index (χ1v) is 7.30. The standard InChI is InChI=1S/C17H15F3N2O4/c1-22(2)9-11(15(23)17(18,19)20)14-12(16(24)25-3)13(21-26-14)10-7-5-4-6-8-10/h4-9H,1-3H3. The highest BCUT2D eigenvalue weighted by molar-refractivity contribution is 6.24. The van der Waals surface area contributed by atoms with Crippen molar-refractivity contribution in [2.75, 3.05) is 21.2 Å². The number of carbonyl (C=O) groups excluding carboxylic acids is 2. The Bertz CT molecular complexity index is 839. The van der Waals surface area contributed by atoms with Gasteiger partial charge >= 0.3 is 12.1 Å². The van der Waals surface area contributed by atoms with Crippen molar-refractivity contribution in [1.82, 2.24) is 10.1 Å². The van der Waals surface area contributed by atoms with Crippen LogP contribution in [0, 0.1) is 0 Å². The summed E-state index contributed by atoms with van der Waals surface area (Å²) in [5.41, 5.74) is -0.805. The van der Waals surface area contributed by atoms with Crippen LogP contribution in [0.5, 0.6) is 0 Å².